The van der Waals surface area contributed by atoms with E-state index in [1.807, 2.05) is 0 Å². The molecule has 14 heteroatoms. The van der Waals surface area contributed by atoms with E-state index < -0.39 is 37.2 Å². The molecule has 0 unspecified atom stereocenters. The van der Waals surface area contributed by atoms with Crippen LogP contribution in [0.5, 0.6) is 0 Å². The van der Waals surface area contributed by atoms with Crippen LogP contribution < -0.4 is 9.77 Å². The van der Waals surface area contributed by atoms with E-state index >= 15 is 0 Å². The summed E-state index contributed by atoms with van der Waals surface area (Å²) in [5.41, 5.74) is -1.62. The van der Waals surface area contributed by atoms with Crippen molar-refractivity contribution in [3.05, 3.63) is 49.2 Å². The molecule has 0 bridgehead atoms. The van der Waals surface area contributed by atoms with Gasteiger partial charge in [0.2, 0.25) is 0 Å². The first kappa shape index (κ1) is 21.3. The highest BCUT2D eigenvalue weighted by molar-refractivity contribution is 7.91. The lowest BCUT2D eigenvalue weighted by Crippen LogP contribution is -2.48. The number of H-pyrrole nitrogens is 1. The Morgan fingerprint density at radius 3 is 2.31 bits per heavy atom. The number of hydrogen-bond acceptors (Lipinski definition) is 7. The molecule has 3 rings (SSSR count). The number of sulfonamides is 1. The maximum Gasteiger partial charge on any atom is 0.416 e. The first-order chi connectivity index (χ1) is 13.4. The number of nitro groups is 1. The van der Waals surface area contributed by atoms with Gasteiger partial charge >= 0.3 is 11.0 Å². The van der Waals surface area contributed by atoms with Gasteiger partial charge in [0, 0.05) is 37.9 Å². The third-order valence-electron chi connectivity index (χ3n) is 4.43. The Balaban J connectivity index is 1.83. The van der Waals surface area contributed by atoms with Gasteiger partial charge in [-0.3, -0.25) is 14.9 Å². The fourth-order valence-corrected chi connectivity index (χ4v) is 5.89. The fourth-order valence-electron chi connectivity index (χ4n) is 3.04. The lowest BCUT2D eigenvalue weighted by atomic mass is 10.1. The minimum absolute atomic E-state index is 0.0115. The number of hydrogen-bond donors (Lipinski definition) is 1. The summed E-state index contributed by atoms with van der Waals surface area (Å²) in [7, 11) is -3.92. The number of anilines is 1. The normalized spacial score (nSPS) is 16.2. The maximum atomic E-state index is 12.8. The molecule has 1 aliphatic rings. The van der Waals surface area contributed by atoms with Gasteiger partial charge < -0.3 is 9.88 Å². The number of aryl methyl sites for hydroxylation is 1. The number of nitrogens with one attached hydrogen (secondary N) is 1. The predicted molar refractivity (Wildman–Crippen MR) is 98.7 cm³/mol. The Bertz CT molecular complexity index is 1100. The number of benzene rings is 1. The van der Waals surface area contributed by atoms with E-state index in [2.05, 4.69) is 4.98 Å². The molecule has 29 heavy (non-hydrogen) atoms. The largest absolute Gasteiger partial charge is 0.416 e. The molecule has 0 atom stereocenters. The third kappa shape index (κ3) is 4.13. The van der Waals surface area contributed by atoms with Crippen LogP contribution in [0.25, 0.3) is 0 Å². The highest BCUT2D eigenvalue weighted by Gasteiger charge is 2.36. The van der Waals surface area contributed by atoms with Crippen LogP contribution in [0.15, 0.2) is 27.2 Å². The second-order valence-corrected chi connectivity index (χ2v) is 9.39. The van der Waals surface area contributed by atoms with Crippen LogP contribution in [0.3, 0.4) is 0 Å². The molecular weight excluding hydrogens is 437 g/mol. The van der Waals surface area contributed by atoms with E-state index in [-0.39, 0.29) is 41.8 Å². The molecule has 1 aliphatic heterocycles. The van der Waals surface area contributed by atoms with Crippen LogP contribution in [0, 0.1) is 17.0 Å². The van der Waals surface area contributed by atoms with E-state index in [1.165, 1.54) is 11.8 Å². The van der Waals surface area contributed by atoms with E-state index in [1.54, 1.807) is 0 Å². The van der Waals surface area contributed by atoms with Crippen LogP contribution >= 0.6 is 11.3 Å². The second-order valence-electron chi connectivity index (χ2n) is 6.28. The topological polar surface area (TPSA) is 117 Å². The van der Waals surface area contributed by atoms with Crippen molar-refractivity contribution in [3.63, 3.8) is 0 Å². The molecule has 1 saturated heterocycles. The molecule has 1 aromatic heterocycles. The average Bonchev–Trinajstić information content (AvgIpc) is 2.99. The van der Waals surface area contributed by atoms with E-state index in [4.69, 9.17) is 0 Å². The van der Waals surface area contributed by atoms with Gasteiger partial charge in [-0.1, -0.05) is 11.3 Å². The van der Waals surface area contributed by atoms with Crippen molar-refractivity contribution < 1.29 is 26.5 Å². The third-order valence-corrected chi connectivity index (χ3v) is 7.91. The van der Waals surface area contributed by atoms with Crippen LogP contribution in [-0.4, -0.2) is 48.8 Å². The Morgan fingerprint density at radius 1 is 1.21 bits per heavy atom. The SMILES string of the molecule is Cc1[nH]c(=O)sc1S(=O)(=O)N1CCN(c2ccc(C(F)(F)F)cc2[N+](=O)[O-])CC1. The maximum absolute atomic E-state index is 12.8. The molecule has 9 nitrogen and oxygen atoms in total. The van der Waals surface area contributed by atoms with Crippen molar-refractivity contribution in [1.29, 1.82) is 0 Å². The van der Waals surface area contributed by atoms with Crippen molar-refractivity contribution in [2.45, 2.75) is 17.3 Å². The quantitative estimate of drug-likeness (QED) is 0.562. The highest BCUT2D eigenvalue weighted by atomic mass is 32.2. The number of rotatable bonds is 4. The minimum atomic E-state index is -4.72. The van der Waals surface area contributed by atoms with Crippen LogP contribution in [0.1, 0.15) is 11.3 Å². The van der Waals surface area contributed by atoms with Gasteiger partial charge in [0.25, 0.3) is 15.7 Å². The fraction of sp³-hybridized carbons (Fsp3) is 0.400. The molecule has 1 N–H and O–H groups in total. The van der Waals surface area contributed by atoms with Crippen molar-refractivity contribution in [1.82, 2.24) is 9.29 Å². The van der Waals surface area contributed by atoms with Crippen molar-refractivity contribution >= 4 is 32.7 Å². The Morgan fingerprint density at radius 2 is 1.83 bits per heavy atom. The molecule has 0 saturated carbocycles. The molecule has 0 amide bonds. The zero-order valence-corrected chi connectivity index (χ0v) is 16.5. The number of alkyl halides is 3. The molecule has 1 aromatic carbocycles. The summed E-state index contributed by atoms with van der Waals surface area (Å²) < 4.78 is 65.0. The zero-order valence-electron chi connectivity index (χ0n) is 14.9. The smallest absolute Gasteiger partial charge is 0.363 e. The number of aromatic amines is 1. The standard InChI is InChI=1S/C15H15F3N4O5S2/c1-9-13(28-14(23)19-9)29(26,27)21-6-4-20(5-7-21)11-3-2-10(15(16,17)18)8-12(11)22(24)25/h2-3,8H,4-7H2,1H3,(H,19,23). The molecule has 0 spiro atoms. The lowest BCUT2D eigenvalue weighted by molar-refractivity contribution is -0.384. The van der Waals surface area contributed by atoms with Gasteiger partial charge in [0.05, 0.1) is 10.5 Å². The predicted octanol–water partition coefficient (Wildman–Crippen LogP) is 2.18. The summed E-state index contributed by atoms with van der Waals surface area (Å²) in [6, 6.07) is 2.25. The van der Waals surface area contributed by atoms with Crippen LogP contribution in [-0.2, 0) is 16.2 Å². The van der Waals surface area contributed by atoms with Gasteiger partial charge in [0.1, 0.15) is 5.69 Å². The number of nitrogens with zero attached hydrogens (tertiary/aromatic N) is 3. The van der Waals surface area contributed by atoms with Gasteiger partial charge in [-0.15, -0.1) is 0 Å². The van der Waals surface area contributed by atoms with Crippen molar-refractivity contribution in [2.75, 3.05) is 31.1 Å². The van der Waals surface area contributed by atoms with Gasteiger partial charge in [-0.2, -0.15) is 17.5 Å². The first-order valence-corrected chi connectivity index (χ1v) is 10.5. The molecule has 0 aliphatic carbocycles. The summed E-state index contributed by atoms with van der Waals surface area (Å²) in [6.45, 7) is 1.48. The van der Waals surface area contributed by atoms with Crippen LogP contribution in [0.2, 0.25) is 0 Å². The summed E-state index contributed by atoms with van der Waals surface area (Å²) >= 11 is 0.572. The van der Waals surface area contributed by atoms with Crippen molar-refractivity contribution in [3.8, 4) is 0 Å². The number of piperazine rings is 1. The number of nitro benzene ring substituents is 1. The van der Waals surface area contributed by atoms with Gasteiger partial charge in [0.15, 0.2) is 4.21 Å². The van der Waals surface area contributed by atoms with Gasteiger partial charge in [-0.05, 0) is 19.1 Å². The molecular formula is C15H15F3N4O5S2. The second kappa shape index (κ2) is 7.42. The molecule has 1 fully saturated rings. The van der Waals surface area contributed by atoms with E-state index in [0.717, 1.165) is 16.4 Å². The van der Waals surface area contributed by atoms with Gasteiger partial charge in [-0.25, -0.2) is 8.42 Å². The molecule has 2 aromatic rings. The van der Waals surface area contributed by atoms with Crippen molar-refractivity contribution in [2.24, 2.45) is 0 Å². The number of thiazole rings is 1. The average molecular weight is 452 g/mol. The Hall–Kier alpha value is -2.45. The molecule has 158 valence electrons. The zero-order chi connectivity index (χ0) is 21.6. The Labute approximate surface area is 166 Å². The number of halogens is 3. The van der Waals surface area contributed by atoms with E-state index in [0.29, 0.717) is 17.4 Å². The first-order valence-electron chi connectivity index (χ1n) is 8.21. The monoisotopic (exact) mass is 452 g/mol. The number of aromatic nitrogens is 1. The minimum Gasteiger partial charge on any atom is -0.363 e. The molecule has 2 heterocycles. The lowest BCUT2D eigenvalue weighted by Gasteiger charge is -2.34. The summed E-state index contributed by atoms with van der Waals surface area (Å²) in [5, 5.41) is 11.3. The Kier molecular flexibility index (Phi) is 5.44. The van der Waals surface area contributed by atoms with Crippen LogP contribution in [0.4, 0.5) is 24.5 Å². The summed E-state index contributed by atoms with van der Waals surface area (Å²) in [5.74, 6) is 0. The summed E-state index contributed by atoms with van der Waals surface area (Å²) in [4.78, 5) is 25.1. The van der Waals surface area contributed by atoms with E-state index in [9.17, 15) is 36.5 Å². The summed E-state index contributed by atoms with van der Waals surface area (Å²) in [6.07, 6.45) is -4.72. The highest BCUT2D eigenvalue weighted by Crippen LogP contribution is 2.37. The molecule has 0 radical (unpaired) electrons.